The van der Waals surface area contributed by atoms with Gasteiger partial charge in [-0.05, 0) is 38.0 Å². The number of carbonyl (C=O) groups is 1. The van der Waals surface area contributed by atoms with E-state index in [0.29, 0.717) is 44.6 Å². The maximum absolute atomic E-state index is 11.6. The normalized spacial score (nSPS) is 17.9. The molecule has 0 bridgehead atoms. The van der Waals surface area contributed by atoms with Gasteiger partial charge < -0.3 is 14.6 Å². The fourth-order valence-corrected chi connectivity index (χ4v) is 2.30. The molecule has 0 radical (unpaired) electrons. The van der Waals surface area contributed by atoms with Crippen LogP contribution in [0.25, 0.3) is 0 Å². The highest BCUT2D eigenvalue weighted by atomic mass is 16.5. The van der Waals surface area contributed by atoms with Crippen LogP contribution in [-0.2, 0) is 14.3 Å². The van der Waals surface area contributed by atoms with Crippen LogP contribution in [0.2, 0.25) is 0 Å². The van der Waals surface area contributed by atoms with Gasteiger partial charge in [-0.1, -0.05) is 20.8 Å². The molecule has 0 aromatic carbocycles. The second-order valence-electron chi connectivity index (χ2n) is 6.34. The van der Waals surface area contributed by atoms with Gasteiger partial charge in [0.25, 0.3) is 0 Å². The Hall–Kier alpha value is -0.650. The minimum Gasteiger partial charge on any atom is -0.480 e. The van der Waals surface area contributed by atoms with Crippen molar-refractivity contribution >= 4 is 5.97 Å². The summed E-state index contributed by atoms with van der Waals surface area (Å²) in [6, 6.07) is 0.395. The molecule has 1 saturated carbocycles. The molecule has 5 heteroatoms. The average Bonchev–Trinajstić information content (AvgIpc) is 3.23. The van der Waals surface area contributed by atoms with E-state index in [2.05, 4.69) is 19.2 Å². The molecule has 0 aliphatic heterocycles. The van der Waals surface area contributed by atoms with Crippen molar-refractivity contribution in [2.45, 2.75) is 64.5 Å². The molecule has 5 nitrogen and oxygen atoms in total. The van der Waals surface area contributed by atoms with Gasteiger partial charge in [-0.2, -0.15) is 0 Å². The number of nitrogens with one attached hydrogen (secondary N) is 1. The summed E-state index contributed by atoms with van der Waals surface area (Å²) in [4.78, 5) is 11.6. The average molecular weight is 301 g/mol. The fraction of sp³-hybridized carbons (Fsp3) is 0.938. The molecule has 0 aromatic heterocycles. The molecule has 1 aliphatic carbocycles. The third-order valence-corrected chi connectivity index (χ3v) is 3.79. The number of carboxylic acids is 1. The first-order valence-electron chi connectivity index (χ1n) is 8.16. The van der Waals surface area contributed by atoms with E-state index in [1.54, 1.807) is 0 Å². The Kier molecular flexibility index (Phi) is 8.22. The van der Waals surface area contributed by atoms with Crippen LogP contribution in [0.1, 0.15) is 52.9 Å². The molecule has 2 N–H and O–H groups in total. The lowest BCUT2D eigenvalue weighted by Crippen LogP contribution is -2.52. The van der Waals surface area contributed by atoms with Crippen molar-refractivity contribution < 1.29 is 19.4 Å². The van der Waals surface area contributed by atoms with Gasteiger partial charge in [0.15, 0.2) is 0 Å². The minimum atomic E-state index is -0.779. The predicted molar refractivity (Wildman–Crippen MR) is 82.5 cm³/mol. The first-order chi connectivity index (χ1) is 10.00. The van der Waals surface area contributed by atoms with E-state index in [1.165, 1.54) is 0 Å². The Morgan fingerprint density at radius 1 is 1.29 bits per heavy atom. The number of rotatable bonds is 13. The number of hydrogen-bond donors (Lipinski definition) is 2. The SMILES string of the molecule is CCC(CCCOCCOCC(C)C)(NC1CC1)C(=O)O. The van der Waals surface area contributed by atoms with Crippen LogP contribution < -0.4 is 5.32 Å². The highest BCUT2D eigenvalue weighted by Crippen LogP contribution is 2.27. The smallest absolute Gasteiger partial charge is 0.323 e. The molecular formula is C16H31NO4. The Morgan fingerprint density at radius 3 is 2.48 bits per heavy atom. The molecule has 1 fully saturated rings. The largest absolute Gasteiger partial charge is 0.480 e. The Balaban J connectivity index is 2.14. The van der Waals surface area contributed by atoms with Gasteiger partial charge in [-0.3, -0.25) is 10.1 Å². The molecule has 0 heterocycles. The predicted octanol–water partition coefficient (Wildman–Crippen LogP) is 2.44. The molecule has 0 saturated heterocycles. The van der Waals surface area contributed by atoms with Crippen LogP contribution in [-0.4, -0.2) is 49.1 Å². The third kappa shape index (κ3) is 7.25. The van der Waals surface area contributed by atoms with E-state index >= 15 is 0 Å². The minimum absolute atomic E-state index is 0.395. The highest BCUT2D eigenvalue weighted by molar-refractivity contribution is 5.78. The zero-order valence-electron chi connectivity index (χ0n) is 13.7. The van der Waals surface area contributed by atoms with Crippen molar-refractivity contribution in [3.05, 3.63) is 0 Å². The van der Waals surface area contributed by atoms with E-state index < -0.39 is 11.5 Å². The molecule has 1 atom stereocenters. The number of ether oxygens (including phenoxy) is 2. The lowest BCUT2D eigenvalue weighted by Gasteiger charge is -2.29. The Bertz CT molecular complexity index is 305. The standard InChI is InChI=1S/C16H31NO4/c1-4-16(15(18)19,17-14-6-7-14)8-5-9-20-10-11-21-12-13(2)3/h13-14,17H,4-12H2,1-3H3,(H,18,19). The van der Waals surface area contributed by atoms with Gasteiger partial charge in [-0.25, -0.2) is 0 Å². The summed E-state index contributed by atoms with van der Waals surface area (Å²) < 4.78 is 10.9. The molecule has 124 valence electrons. The summed E-state index contributed by atoms with van der Waals surface area (Å²) >= 11 is 0. The summed E-state index contributed by atoms with van der Waals surface area (Å²) in [6.45, 7) is 8.70. The van der Waals surface area contributed by atoms with E-state index in [9.17, 15) is 9.90 Å². The first kappa shape index (κ1) is 18.4. The van der Waals surface area contributed by atoms with Crippen molar-refractivity contribution in [2.75, 3.05) is 26.4 Å². The second-order valence-corrected chi connectivity index (χ2v) is 6.34. The van der Waals surface area contributed by atoms with E-state index in [0.717, 1.165) is 25.9 Å². The van der Waals surface area contributed by atoms with E-state index in [-0.39, 0.29) is 0 Å². The molecule has 1 rings (SSSR count). The third-order valence-electron chi connectivity index (χ3n) is 3.79. The van der Waals surface area contributed by atoms with Crippen LogP contribution >= 0.6 is 0 Å². The monoisotopic (exact) mass is 301 g/mol. The Morgan fingerprint density at radius 2 is 1.95 bits per heavy atom. The summed E-state index contributed by atoms with van der Waals surface area (Å²) in [5.74, 6) is -0.198. The van der Waals surface area contributed by atoms with Crippen molar-refractivity contribution in [2.24, 2.45) is 5.92 Å². The van der Waals surface area contributed by atoms with Gasteiger partial charge in [-0.15, -0.1) is 0 Å². The highest BCUT2D eigenvalue weighted by Gasteiger charge is 2.40. The Labute approximate surface area is 128 Å². The quantitative estimate of drug-likeness (QED) is 0.511. The molecule has 1 aliphatic rings. The number of aliphatic carboxylic acids is 1. The van der Waals surface area contributed by atoms with Gasteiger partial charge in [0.1, 0.15) is 5.54 Å². The molecule has 21 heavy (non-hydrogen) atoms. The summed E-state index contributed by atoms with van der Waals surface area (Å²) in [5, 5.41) is 12.8. The van der Waals surface area contributed by atoms with Crippen molar-refractivity contribution in [3.63, 3.8) is 0 Å². The van der Waals surface area contributed by atoms with E-state index in [4.69, 9.17) is 9.47 Å². The molecular weight excluding hydrogens is 270 g/mol. The second kappa shape index (κ2) is 9.38. The van der Waals surface area contributed by atoms with Crippen LogP contribution in [0.4, 0.5) is 0 Å². The lowest BCUT2D eigenvalue weighted by molar-refractivity contribution is -0.145. The first-order valence-corrected chi connectivity index (χ1v) is 8.16. The molecule has 0 aromatic rings. The van der Waals surface area contributed by atoms with Crippen LogP contribution in [0.15, 0.2) is 0 Å². The van der Waals surface area contributed by atoms with Crippen molar-refractivity contribution in [3.8, 4) is 0 Å². The molecule has 0 amide bonds. The fourth-order valence-electron chi connectivity index (χ4n) is 2.30. The maximum Gasteiger partial charge on any atom is 0.323 e. The van der Waals surface area contributed by atoms with Gasteiger partial charge in [0.05, 0.1) is 13.2 Å². The molecule has 1 unspecified atom stereocenters. The van der Waals surface area contributed by atoms with Gasteiger partial charge in [0.2, 0.25) is 0 Å². The topological polar surface area (TPSA) is 67.8 Å². The van der Waals surface area contributed by atoms with Crippen molar-refractivity contribution in [1.82, 2.24) is 5.32 Å². The summed E-state index contributed by atoms with van der Waals surface area (Å²) in [7, 11) is 0. The number of carboxylic acid groups (broad SMARTS) is 1. The van der Waals surface area contributed by atoms with Gasteiger partial charge in [0, 0.05) is 19.3 Å². The maximum atomic E-state index is 11.6. The number of hydrogen-bond acceptors (Lipinski definition) is 4. The summed E-state index contributed by atoms with van der Waals surface area (Å²) in [5.41, 5.74) is -0.779. The zero-order valence-corrected chi connectivity index (χ0v) is 13.7. The van der Waals surface area contributed by atoms with Crippen LogP contribution in [0.5, 0.6) is 0 Å². The van der Waals surface area contributed by atoms with Crippen LogP contribution in [0, 0.1) is 5.92 Å². The van der Waals surface area contributed by atoms with E-state index in [1.807, 2.05) is 6.92 Å². The summed E-state index contributed by atoms with van der Waals surface area (Å²) in [6.07, 6.45) is 4.17. The van der Waals surface area contributed by atoms with Gasteiger partial charge >= 0.3 is 5.97 Å². The lowest BCUT2D eigenvalue weighted by atomic mass is 9.90. The zero-order chi connectivity index (χ0) is 15.7. The molecule has 0 spiro atoms. The van der Waals surface area contributed by atoms with Crippen molar-refractivity contribution in [1.29, 1.82) is 0 Å². The van der Waals surface area contributed by atoms with Crippen LogP contribution in [0.3, 0.4) is 0 Å².